The lowest BCUT2D eigenvalue weighted by molar-refractivity contribution is 0.105. The summed E-state index contributed by atoms with van der Waals surface area (Å²) in [5, 5.41) is 6.57. The van der Waals surface area contributed by atoms with E-state index in [2.05, 4.69) is 27.6 Å². The monoisotopic (exact) mass is 289 g/mol. The number of nitrogens with zero attached hydrogens (tertiary/aromatic N) is 2. The first kappa shape index (κ1) is 13.7. The van der Waals surface area contributed by atoms with Gasteiger partial charge in [-0.05, 0) is 31.4 Å². The summed E-state index contributed by atoms with van der Waals surface area (Å²) < 4.78 is 5.57. The van der Waals surface area contributed by atoms with E-state index in [-0.39, 0.29) is 0 Å². The molecule has 0 amide bonds. The van der Waals surface area contributed by atoms with Crippen molar-refractivity contribution >= 4 is 11.3 Å². The van der Waals surface area contributed by atoms with Crippen LogP contribution in [0.1, 0.15) is 19.0 Å². The first-order valence-electron chi connectivity index (χ1n) is 7.01. The van der Waals surface area contributed by atoms with Crippen LogP contribution in [0.4, 0.5) is 0 Å². The van der Waals surface area contributed by atoms with E-state index < -0.39 is 0 Å². The van der Waals surface area contributed by atoms with Crippen LogP contribution in [0.5, 0.6) is 0 Å². The van der Waals surface area contributed by atoms with Gasteiger partial charge in [-0.3, -0.25) is 4.98 Å². The summed E-state index contributed by atoms with van der Waals surface area (Å²) in [6, 6.07) is 5.90. The summed E-state index contributed by atoms with van der Waals surface area (Å²) in [5.41, 5.74) is 2.03. The Labute approximate surface area is 123 Å². The topological polar surface area (TPSA) is 47.0 Å². The summed E-state index contributed by atoms with van der Waals surface area (Å²) in [6.07, 6.45) is 3.34. The summed E-state index contributed by atoms with van der Waals surface area (Å²) in [7, 11) is 0. The molecule has 3 heterocycles. The maximum Gasteiger partial charge on any atom is 0.142 e. The Morgan fingerprint density at radius 3 is 3.15 bits per heavy atom. The van der Waals surface area contributed by atoms with Gasteiger partial charge in [0.2, 0.25) is 0 Å². The minimum Gasteiger partial charge on any atom is -0.378 e. The number of hydrogen-bond acceptors (Lipinski definition) is 5. The molecule has 2 aromatic rings. The van der Waals surface area contributed by atoms with Gasteiger partial charge in [0.1, 0.15) is 5.01 Å². The summed E-state index contributed by atoms with van der Waals surface area (Å²) in [5.74, 6) is 0.629. The molecule has 2 unspecified atom stereocenters. The zero-order chi connectivity index (χ0) is 13.8. The van der Waals surface area contributed by atoms with Crippen molar-refractivity contribution in [3.05, 3.63) is 35.5 Å². The van der Waals surface area contributed by atoms with E-state index >= 15 is 0 Å². The van der Waals surface area contributed by atoms with E-state index in [0.717, 1.165) is 42.5 Å². The van der Waals surface area contributed by atoms with E-state index in [9.17, 15) is 0 Å². The zero-order valence-electron chi connectivity index (χ0n) is 11.6. The molecule has 20 heavy (non-hydrogen) atoms. The van der Waals surface area contributed by atoms with E-state index in [4.69, 9.17) is 4.74 Å². The van der Waals surface area contributed by atoms with Gasteiger partial charge in [0.05, 0.1) is 17.5 Å². The van der Waals surface area contributed by atoms with Crippen molar-refractivity contribution in [2.45, 2.75) is 26.0 Å². The van der Waals surface area contributed by atoms with Gasteiger partial charge >= 0.3 is 0 Å². The largest absolute Gasteiger partial charge is 0.378 e. The lowest BCUT2D eigenvalue weighted by Gasteiger charge is -2.13. The lowest BCUT2D eigenvalue weighted by atomic mass is 10.0. The molecular weight excluding hydrogens is 270 g/mol. The van der Waals surface area contributed by atoms with Crippen LogP contribution in [0.2, 0.25) is 0 Å². The predicted molar refractivity (Wildman–Crippen MR) is 80.6 cm³/mol. The minimum absolute atomic E-state index is 0.377. The Morgan fingerprint density at radius 2 is 2.40 bits per heavy atom. The average molecular weight is 289 g/mol. The van der Waals surface area contributed by atoms with Gasteiger partial charge in [0.25, 0.3) is 0 Å². The summed E-state index contributed by atoms with van der Waals surface area (Å²) in [6.45, 7) is 4.86. The standard InChI is InChI=1S/C15H19N3OS/c1-11-12(5-7-19-11)8-16-9-13-10-20-15(18-13)14-4-2-3-6-17-14/h2-4,6,10-12,16H,5,7-9H2,1H3. The van der Waals surface area contributed by atoms with Crippen molar-refractivity contribution in [1.82, 2.24) is 15.3 Å². The van der Waals surface area contributed by atoms with Gasteiger partial charge in [-0.1, -0.05) is 6.07 Å². The fraction of sp³-hybridized carbons (Fsp3) is 0.467. The minimum atomic E-state index is 0.377. The third kappa shape index (κ3) is 3.23. The maximum atomic E-state index is 5.57. The fourth-order valence-corrected chi connectivity index (χ4v) is 3.22. The summed E-state index contributed by atoms with van der Waals surface area (Å²) >= 11 is 1.65. The van der Waals surface area contributed by atoms with Crippen LogP contribution < -0.4 is 5.32 Å². The van der Waals surface area contributed by atoms with Gasteiger partial charge in [0.15, 0.2) is 0 Å². The fourth-order valence-electron chi connectivity index (χ4n) is 2.42. The van der Waals surface area contributed by atoms with Gasteiger partial charge < -0.3 is 10.1 Å². The highest BCUT2D eigenvalue weighted by Crippen LogP contribution is 2.22. The van der Waals surface area contributed by atoms with Gasteiger partial charge in [-0.15, -0.1) is 11.3 Å². The van der Waals surface area contributed by atoms with Crippen molar-refractivity contribution in [3.8, 4) is 10.7 Å². The third-order valence-corrected chi connectivity index (χ3v) is 4.60. The van der Waals surface area contributed by atoms with Crippen LogP contribution in [-0.4, -0.2) is 29.2 Å². The molecule has 1 aliphatic heterocycles. The van der Waals surface area contributed by atoms with Crippen molar-refractivity contribution in [1.29, 1.82) is 0 Å². The van der Waals surface area contributed by atoms with Gasteiger partial charge in [0, 0.05) is 31.3 Å². The number of rotatable bonds is 5. The van der Waals surface area contributed by atoms with Crippen LogP contribution in [-0.2, 0) is 11.3 Å². The van der Waals surface area contributed by atoms with E-state index in [1.54, 1.807) is 17.5 Å². The van der Waals surface area contributed by atoms with Crippen LogP contribution in [0.3, 0.4) is 0 Å². The van der Waals surface area contributed by atoms with Gasteiger partial charge in [-0.2, -0.15) is 0 Å². The van der Waals surface area contributed by atoms with Gasteiger partial charge in [-0.25, -0.2) is 4.98 Å². The van der Waals surface area contributed by atoms with E-state index in [1.165, 1.54) is 0 Å². The molecule has 0 saturated carbocycles. The maximum absolute atomic E-state index is 5.57. The molecule has 5 heteroatoms. The second kappa shape index (κ2) is 6.43. The molecule has 2 aromatic heterocycles. The smallest absolute Gasteiger partial charge is 0.142 e. The average Bonchev–Trinajstić information content (AvgIpc) is 3.10. The predicted octanol–water partition coefficient (Wildman–Crippen LogP) is 2.72. The Bertz CT molecular complexity index is 543. The number of nitrogens with one attached hydrogen (secondary N) is 1. The number of thiazole rings is 1. The highest BCUT2D eigenvalue weighted by Gasteiger charge is 2.23. The SMILES string of the molecule is CC1OCCC1CNCc1csc(-c2ccccn2)n1. The number of pyridine rings is 1. The first-order chi connectivity index (χ1) is 9.83. The first-order valence-corrected chi connectivity index (χ1v) is 7.89. The van der Waals surface area contributed by atoms with Crippen molar-refractivity contribution < 1.29 is 4.74 Å². The molecule has 1 saturated heterocycles. The van der Waals surface area contributed by atoms with Crippen LogP contribution in [0.25, 0.3) is 10.7 Å². The second-order valence-electron chi connectivity index (χ2n) is 5.11. The number of hydrogen-bond donors (Lipinski definition) is 1. The van der Waals surface area contributed by atoms with E-state index in [1.807, 2.05) is 18.2 Å². The Morgan fingerprint density at radius 1 is 1.45 bits per heavy atom. The quantitative estimate of drug-likeness (QED) is 0.919. The Hall–Kier alpha value is -1.30. The molecule has 4 nitrogen and oxygen atoms in total. The van der Waals surface area contributed by atoms with Crippen LogP contribution in [0, 0.1) is 5.92 Å². The molecule has 1 fully saturated rings. The van der Waals surface area contributed by atoms with Crippen molar-refractivity contribution in [3.63, 3.8) is 0 Å². The summed E-state index contributed by atoms with van der Waals surface area (Å²) in [4.78, 5) is 8.95. The van der Waals surface area contributed by atoms with Crippen LogP contribution >= 0.6 is 11.3 Å². The Kier molecular flexibility index (Phi) is 4.40. The highest BCUT2D eigenvalue weighted by atomic mass is 32.1. The van der Waals surface area contributed by atoms with Crippen LogP contribution in [0.15, 0.2) is 29.8 Å². The molecule has 2 atom stereocenters. The highest BCUT2D eigenvalue weighted by molar-refractivity contribution is 7.13. The number of ether oxygens (including phenoxy) is 1. The lowest BCUT2D eigenvalue weighted by Crippen LogP contribution is -2.26. The molecule has 3 rings (SSSR count). The zero-order valence-corrected chi connectivity index (χ0v) is 12.4. The van der Waals surface area contributed by atoms with Crippen molar-refractivity contribution in [2.24, 2.45) is 5.92 Å². The molecule has 0 bridgehead atoms. The molecule has 1 N–H and O–H groups in total. The van der Waals surface area contributed by atoms with Crippen molar-refractivity contribution in [2.75, 3.05) is 13.2 Å². The second-order valence-corrected chi connectivity index (χ2v) is 5.97. The molecule has 0 radical (unpaired) electrons. The van der Waals surface area contributed by atoms with E-state index in [0.29, 0.717) is 12.0 Å². The Balaban J connectivity index is 1.53. The molecule has 106 valence electrons. The molecule has 0 aromatic carbocycles. The molecule has 0 spiro atoms. The number of aromatic nitrogens is 2. The normalized spacial score (nSPS) is 22.2. The molecular formula is C15H19N3OS. The molecule has 0 aliphatic carbocycles. The third-order valence-electron chi connectivity index (χ3n) is 3.68. The molecule has 1 aliphatic rings.